The first-order chi connectivity index (χ1) is 15.0. The predicted molar refractivity (Wildman–Crippen MR) is 106 cm³/mol. The number of hydrogen-bond acceptors (Lipinski definition) is 6. The first-order valence-corrected chi connectivity index (χ1v) is 10.8. The Balaban J connectivity index is 1.76. The van der Waals surface area contributed by atoms with Gasteiger partial charge in [-0.1, -0.05) is 18.2 Å². The van der Waals surface area contributed by atoms with Crippen LogP contribution in [0, 0.1) is 10.1 Å². The van der Waals surface area contributed by atoms with Crippen molar-refractivity contribution in [2.45, 2.75) is 11.1 Å². The lowest BCUT2D eigenvalue weighted by Gasteiger charge is -2.34. The highest BCUT2D eigenvalue weighted by Crippen LogP contribution is 2.28. The van der Waals surface area contributed by atoms with E-state index in [2.05, 4.69) is 4.74 Å². The predicted octanol–water partition coefficient (Wildman–Crippen LogP) is 2.68. The molecule has 172 valence electrons. The molecule has 0 saturated carbocycles. The second-order valence-corrected chi connectivity index (χ2v) is 8.79. The minimum Gasteiger partial charge on any atom is -0.484 e. The zero-order valence-corrected chi connectivity index (χ0v) is 17.3. The van der Waals surface area contributed by atoms with E-state index in [0.29, 0.717) is 0 Å². The molecular weight excluding hydrogens is 455 g/mol. The van der Waals surface area contributed by atoms with Gasteiger partial charge in [0, 0.05) is 32.2 Å². The molecule has 0 aromatic heterocycles. The Hall–Kier alpha value is -3.19. The highest BCUT2D eigenvalue weighted by Gasteiger charge is 2.33. The lowest BCUT2D eigenvalue weighted by atomic mass is 10.1. The van der Waals surface area contributed by atoms with Crippen molar-refractivity contribution >= 4 is 21.6 Å². The number of halogens is 3. The summed E-state index contributed by atoms with van der Waals surface area (Å²) in [6.07, 6.45) is -4.62. The van der Waals surface area contributed by atoms with Gasteiger partial charge in [0.2, 0.25) is 10.0 Å². The Bertz CT molecular complexity index is 1100. The number of nitro benzene ring substituents is 1. The number of hydrogen-bond donors (Lipinski definition) is 0. The van der Waals surface area contributed by atoms with Crippen molar-refractivity contribution in [3.05, 3.63) is 64.2 Å². The van der Waals surface area contributed by atoms with E-state index < -0.39 is 44.9 Å². The molecule has 1 saturated heterocycles. The molecule has 0 atom stereocenters. The number of rotatable bonds is 6. The van der Waals surface area contributed by atoms with E-state index in [1.54, 1.807) is 18.2 Å². The second kappa shape index (κ2) is 9.12. The molecule has 1 fully saturated rings. The number of carbonyl (C=O) groups is 1. The van der Waals surface area contributed by atoms with E-state index in [1.807, 2.05) is 0 Å². The van der Waals surface area contributed by atoms with Gasteiger partial charge in [-0.05, 0) is 24.3 Å². The van der Waals surface area contributed by atoms with Crippen LogP contribution in [0.5, 0.6) is 5.75 Å². The van der Waals surface area contributed by atoms with Crippen molar-refractivity contribution in [3.8, 4) is 5.75 Å². The fourth-order valence-corrected chi connectivity index (χ4v) is 4.59. The van der Waals surface area contributed by atoms with Crippen molar-refractivity contribution in [1.82, 2.24) is 9.21 Å². The Labute approximate surface area is 181 Å². The van der Waals surface area contributed by atoms with Crippen LogP contribution < -0.4 is 4.74 Å². The number of benzene rings is 2. The number of piperazine rings is 1. The van der Waals surface area contributed by atoms with Gasteiger partial charge >= 0.3 is 6.18 Å². The molecule has 1 aliphatic heterocycles. The summed E-state index contributed by atoms with van der Waals surface area (Å²) in [5.74, 6) is -1.15. The number of ether oxygens (including phenoxy) is 1. The normalized spacial score (nSPS) is 15.4. The van der Waals surface area contributed by atoms with Gasteiger partial charge in [0.25, 0.3) is 11.6 Å². The highest BCUT2D eigenvalue weighted by molar-refractivity contribution is 7.89. The first-order valence-electron chi connectivity index (χ1n) is 9.31. The maximum absolute atomic E-state index is 12.9. The van der Waals surface area contributed by atoms with Crippen molar-refractivity contribution < 1.29 is 36.0 Å². The zero-order chi connectivity index (χ0) is 23.5. The second-order valence-electron chi connectivity index (χ2n) is 6.85. The smallest absolute Gasteiger partial charge is 0.422 e. The van der Waals surface area contributed by atoms with Gasteiger partial charge < -0.3 is 9.64 Å². The van der Waals surface area contributed by atoms with Gasteiger partial charge in [-0.25, -0.2) is 8.42 Å². The van der Waals surface area contributed by atoms with E-state index in [-0.39, 0.29) is 36.8 Å². The monoisotopic (exact) mass is 473 g/mol. The molecule has 3 rings (SSSR count). The average Bonchev–Trinajstić information content (AvgIpc) is 2.77. The van der Waals surface area contributed by atoms with E-state index in [0.717, 1.165) is 18.2 Å². The van der Waals surface area contributed by atoms with Crippen LogP contribution in [0.25, 0.3) is 0 Å². The summed E-state index contributed by atoms with van der Waals surface area (Å²) in [6.45, 7) is -1.79. The van der Waals surface area contributed by atoms with Crippen LogP contribution >= 0.6 is 0 Å². The number of carbonyl (C=O) groups excluding carboxylic acids is 1. The number of nitro groups is 1. The minimum atomic E-state index is -4.62. The fraction of sp³-hybridized carbons (Fsp3) is 0.316. The standard InChI is InChI=1S/C19H18F3N3O6S/c20-19(21,22)13-31-14-6-7-17(25(27)28)16(12-14)18(26)23-8-10-24(11-9-23)32(29,30)15-4-2-1-3-5-15/h1-7,12H,8-11,13H2. The molecular formula is C19H18F3N3O6S. The topological polar surface area (TPSA) is 110 Å². The molecule has 0 spiro atoms. The summed E-state index contributed by atoms with van der Waals surface area (Å²) < 4.78 is 68.4. The number of nitrogens with zero attached hydrogens (tertiary/aromatic N) is 3. The van der Waals surface area contributed by atoms with E-state index in [9.17, 15) is 36.5 Å². The van der Waals surface area contributed by atoms with Crippen LogP contribution in [0.4, 0.5) is 18.9 Å². The zero-order valence-electron chi connectivity index (χ0n) is 16.5. The summed E-state index contributed by atoms with van der Waals surface area (Å²) in [5, 5.41) is 11.3. The molecule has 13 heteroatoms. The average molecular weight is 473 g/mol. The first kappa shape index (κ1) is 23.5. The van der Waals surface area contributed by atoms with Crippen LogP contribution in [0.1, 0.15) is 10.4 Å². The maximum atomic E-state index is 12.9. The molecule has 0 unspecified atom stereocenters. The number of sulfonamides is 1. The Morgan fingerprint density at radius 1 is 1.06 bits per heavy atom. The van der Waals surface area contributed by atoms with Crippen LogP contribution in [0.2, 0.25) is 0 Å². The Morgan fingerprint density at radius 2 is 1.69 bits per heavy atom. The third-order valence-electron chi connectivity index (χ3n) is 4.70. The van der Waals surface area contributed by atoms with Crippen LogP contribution in [0.3, 0.4) is 0 Å². The molecule has 1 amide bonds. The minimum absolute atomic E-state index is 0.0406. The van der Waals surface area contributed by atoms with Gasteiger partial charge in [0.1, 0.15) is 11.3 Å². The van der Waals surface area contributed by atoms with Gasteiger partial charge in [0.15, 0.2) is 6.61 Å². The van der Waals surface area contributed by atoms with Crippen molar-refractivity contribution in [1.29, 1.82) is 0 Å². The van der Waals surface area contributed by atoms with Crippen molar-refractivity contribution in [3.63, 3.8) is 0 Å². The van der Waals surface area contributed by atoms with Crippen LogP contribution in [0.15, 0.2) is 53.4 Å². The third-order valence-corrected chi connectivity index (χ3v) is 6.62. The lowest BCUT2D eigenvalue weighted by molar-refractivity contribution is -0.385. The molecule has 1 aliphatic rings. The highest BCUT2D eigenvalue weighted by atomic mass is 32.2. The summed E-state index contributed by atoms with van der Waals surface area (Å²) in [6, 6.07) is 10.5. The summed E-state index contributed by atoms with van der Waals surface area (Å²) in [4.78, 5) is 24.7. The molecule has 0 N–H and O–H groups in total. The molecule has 2 aromatic rings. The van der Waals surface area contributed by atoms with Gasteiger partial charge in [-0.3, -0.25) is 14.9 Å². The third kappa shape index (κ3) is 5.34. The van der Waals surface area contributed by atoms with E-state index >= 15 is 0 Å². The SMILES string of the molecule is O=C(c1cc(OCC(F)(F)F)ccc1[N+](=O)[O-])N1CCN(S(=O)(=O)c2ccccc2)CC1. The Morgan fingerprint density at radius 3 is 2.25 bits per heavy atom. The summed E-state index contributed by atoms with van der Waals surface area (Å²) in [7, 11) is -3.76. The van der Waals surface area contributed by atoms with Gasteiger partial charge in [0.05, 0.1) is 9.82 Å². The quantitative estimate of drug-likeness (QED) is 0.471. The lowest BCUT2D eigenvalue weighted by Crippen LogP contribution is -2.50. The summed E-state index contributed by atoms with van der Waals surface area (Å²) in [5.41, 5.74) is -1.03. The number of alkyl halides is 3. The van der Waals surface area contributed by atoms with Crippen LogP contribution in [-0.2, 0) is 10.0 Å². The fourth-order valence-electron chi connectivity index (χ4n) is 3.14. The number of amides is 1. The van der Waals surface area contributed by atoms with Crippen molar-refractivity contribution in [2.75, 3.05) is 32.8 Å². The molecule has 2 aromatic carbocycles. The Kier molecular flexibility index (Phi) is 6.69. The van der Waals surface area contributed by atoms with Gasteiger partial charge in [-0.15, -0.1) is 0 Å². The van der Waals surface area contributed by atoms with E-state index in [1.165, 1.54) is 21.3 Å². The summed E-state index contributed by atoms with van der Waals surface area (Å²) >= 11 is 0. The molecule has 0 aliphatic carbocycles. The molecule has 0 radical (unpaired) electrons. The molecule has 32 heavy (non-hydrogen) atoms. The largest absolute Gasteiger partial charge is 0.484 e. The van der Waals surface area contributed by atoms with E-state index in [4.69, 9.17) is 0 Å². The molecule has 0 bridgehead atoms. The molecule has 9 nitrogen and oxygen atoms in total. The van der Waals surface area contributed by atoms with Crippen LogP contribution in [-0.4, -0.2) is 67.4 Å². The maximum Gasteiger partial charge on any atom is 0.422 e. The molecule has 1 heterocycles. The van der Waals surface area contributed by atoms with Gasteiger partial charge in [-0.2, -0.15) is 17.5 Å². The van der Waals surface area contributed by atoms with Crippen molar-refractivity contribution in [2.24, 2.45) is 0 Å².